The third kappa shape index (κ3) is 3.60. The predicted octanol–water partition coefficient (Wildman–Crippen LogP) is 2.19. The molecule has 0 aliphatic carbocycles. The number of carbonyl (C=O) groups is 2. The normalized spacial score (nSPS) is 15.2. The van der Waals surface area contributed by atoms with Crippen molar-refractivity contribution < 1.29 is 32.4 Å². The maximum atomic E-state index is 12.5. The lowest BCUT2D eigenvalue weighted by Crippen LogP contribution is -2.50. The zero-order valence-electron chi connectivity index (χ0n) is 13.2. The van der Waals surface area contributed by atoms with Gasteiger partial charge < -0.3 is 19.4 Å². The van der Waals surface area contributed by atoms with Crippen molar-refractivity contribution in [2.75, 3.05) is 26.2 Å². The molecule has 2 aromatic rings. The van der Waals surface area contributed by atoms with E-state index in [1.807, 2.05) is 0 Å². The van der Waals surface area contributed by atoms with Crippen LogP contribution in [-0.2, 0) is 6.18 Å². The second kappa shape index (κ2) is 6.65. The number of carboxylic acid groups (broad SMARTS) is 1. The number of halogens is 3. The van der Waals surface area contributed by atoms with Crippen molar-refractivity contribution in [1.29, 1.82) is 0 Å². The average Bonchev–Trinajstić information content (AvgIpc) is 3.12. The van der Waals surface area contributed by atoms with E-state index in [9.17, 15) is 22.8 Å². The molecule has 1 N–H and O–H groups in total. The Morgan fingerprint density at radius 1 is 1.04 bits per heavy atom. The minimum Gasteiger partial charge on any atom is -0.465 e. The lowest BCUT2D eigenvalue weighted by atomic mass is 10.1. The van der Waals surface area contributed by atoms with E-state index in [1.54, 1.807) is 0 Å². The number of nitrogens with zero attached hydrogens (tertiary/aromatic N) is 4. The number of hydrogen-bond donors (Lipinski definition) is 1. The van der Waals surface area contributed by atoms with Gasteiger partial charge in [0.25, 0.3) is 5.91 Å². The molecule has 1 fully saturated rings. The van der Waals surface area contributed by atoms with Crippen molar-refractivity contribution >= 4 is 12.0 Å². The van der Waals surface area contributed by atoms with Gasteiger partial charge in [-0.15, -0.1) is 0 Å². The van der Waals surface area contributed by atoms with Gasteiger partial charge in [0.1, 0.15) is 0 Å². The fourth-order valence-corrected chi connectivity index (χ4v) is 2.50. The van der Waals surface area contributed by atoms with Gasteiger partial charge in [-0.25, -0.2) is 4.79 Å². The lowest BCUT2D eigenvalue weighted by molar-refractivity contribution is -0.159. The Morgan fingerprint density at radius 2 is 1.62 bits per heavy atom. The Labute approximate surface area is 144 Å². The summed E-state index contributed by atoms with van der Waals surface area (Å²) in [5.41, 5.74) is 0.605. The van der Waals surface area contributed by atoms with E-state index < -0.39 is 18.2 Å². The van der Waals surface area contributed by atoms with Gasteiger partial charge in [-0.1, -0.05) is 17.3 Å². The van der Waals surface area contributed by atoms with Crippen LogP contribution in [0.5, 0.6) is 0 Å². The Morgan fingerprint density at radius 3 is 2.12 bits per heavy atom. The summed E-state index contributed by atoms with van der Waals surface area (Å²) >= 11 is 0. The van der Waals surface area contributed by atoms with Gasteiger partial charge in [0.05, 0.1) is 0 Å². The van der Waals surface area contributed by atoms with E-state index >= 15 is 0 Å². The van der Waals surface area contributed by atoms with Crippen LogP contribution in [0, 0.1) is 0 Å². The topological polar surface area (TPSA) is 99.8 Å². The van der Waals surface area contributed by atoms with Crippen LogP contribution in [0.1, 0.15) is 16.2 Å². The summed E-state index contributed by atoms with van der Waals surface area (Å²) in [6, 6.07) is 5.74. The predicted molar refractivity (Wildman–Crippen MR) is 80.2 cm³/mol. The molecular weight excluding hydrogens is 357 g/mol. The molecule has 11 heteroatoms. The van der Waals surface area contributed by atoms with Gasteiger partial charge in [-0.05, 0) is 12.1 Å². The molecule has 8 nitrogen and oxygen atoms in total. The molecule has 0 radical (unpaired) electrons. The summed E-state index contributed by atoms with van der Waals surface area (Å²) in [5.74, 6) is -1.96. The zero-order chi connectivity index (χ0) is 18.9. The highest BCUT2D eigenvalue weighted by molar-refractivity contribution is 5.94. The summed E-state index contributed by atoms with van der Waals surface area (Å²) in [5, 5.41) is 12.2. The number of hydrogen-bond acceptors (Lipinski definition) is 5. The molecule has 0 atom stereocenters. The number of amides is 2. The summed E-state index contributed by atoms with van der Waals surface area (Å²) < 4.78 is 41.6. The number of alkyl halides is 3. The van der Waals surface area contributed by atoms with Gasteiger partial charge >= 0.3 is 18.2 Å². The fraction of sp³-hybridized carbons (Fsp3) is 0.333. The van der Waals surface area contributed by atoms with E-state index in [0.717, 1.165) is 0 Å². The molecule has 1 aromatic heterocycles. The minimum absolute atomic E-state index is 0.224. The number of rotatable bonds is 2. The third-order valence-electron chi connectivity index (χ3n) is 3.90. The summed E-state index contributed by atoms with van der Waals surface area (Å²) in [4.78, 5) is 29.3. The molecule has 1 aliphatic rings. The van der Waals surface area contributed by atoms with Crippen molar-refractivity contribution in [1.82, 2.24) is 19.9 Å². The molecule has 1 saturated heterocycles. The molecule has 138 valence electrons. The minimum atomic E-state index is -4.72. The molecule has 0 unspecified atom stereocenters. The van der Waals surface area contributed by atoms with E-state index in [1.165, 1.54) is 34.1 Å². The van der Waals surface area contributed by atoms with Crippen LogP contribution < -0.4 is 0 Å². The summed E-state index contributed by atoms with van der Waals surface area (Å²) in [7, 11) is 0. The lowest BCUT2D eigenvalue weighted by Gasteiger charge is -2.33. The maximum absolute atomic E-state index is 12.5. The van der Waals surface area contributed by atoms with Crippen molar-refractivity contribution in [2.24, 2.45) is 0 Å². The number of aromatic nitrogens is 2. The number of benzene rings is 1. The van der Waals surface area contributed by atoms with Gasteiger partial charge in [-0.2, -0.15) is 18.2 Å². The van der Waals surface area contributed by atoms with Crippen LogP contribution in [0.2, 0.25) is 0 Å². The molecular formula is C15H13F3N4O4. The Hall–Kier alpha value is -3.11. The first-order valence-electron chi connectivity index (χ1n) is 7.54. The van der Waals surface area contributed by atoms with E-state index in [4.69, 9.17) is 5.11 Å². The van der Waals surface area contributed by atoms with Crippen molar-refractivity contribution in [3.05, 3.63) is 35.7 Å². The van der Waals surface area contributed by atoms with Crippen LogP contribution in [0.15, 0.2) is 28.8 Å². The smallest absolute Gasteiger partial charge is 0.465 e. The maximum Gasteiger partial charge on any atom is 0.471 e. The van der Waals surface area contributed by atoms with Crippen LogP contribution in [0.25, 0.3) is 11.4 Å². The Bertz CT molecular complexity index is 811. The first-order chi connectivity index (χ1) is 12.3. The Kier molecular flexibility index (Phi) is 4.53. The van der Waals surface area contributed by atoms with Crippen molar-refractivity contribution in [2.45, 2.75) is 6.18 Å². The largest absolute Gasteiger partial charge is 0.471 e. The average molecular weight is 370 g/mol. The van der Waals surface area contributed by atoms with Gasteiger partial charge in [0.2, 0.25) is 5.82 Å². The van der Waals surface area contributed by atoms with Crippen LogP contribution in [0.3, 0.4) is 0 Å². The summed E-state index contributed by atoms with van der Waals surface area (Å²) in [6.45, 7) is 0.990. The summed E-state index contributed by atoms with van der Waals surface area (Å²) in [6.07, 6.45) is -5.75. The highest BCUT2D eigenvalue weighted by atomic mass is 19.4. The monoisotopic (exact) mass is 370 g/mol. The molecule has 1 aromatic carbocycles. The second-order valence-electron chi connectivity index (χ2n) is 5.56. The standard InChI is InChI=1S/C15H13F3N4O4/c16-15(17,18)13-19-11(20-26-13)9-1-3-10(4-2-9)12(23)21-5-7-22(8-6-21)14(24)25/h1-4H,5-8H2,(H,24,25). The van der Waals surface area contributed by atoms with E-state index in [0.29, 0.717) is 5.56 Å². The molecule has 26 heavy (non-hydrogen) atoms. The quantitative estimate of drug-likeness (QED) is 0.870. The van der Waals surface area contributed by atoms with Gasteiger partial charge in [0, 0.05) is 37.3 Å². The molecule has 0 bridgehead atoms. The van der Waals surface area contributed by atoms with E-state index in [-0.39, 0.29) is 43.5 Å². The van der Waals surface area contributed by atoms with Gasteiger partial charge in [-0.3, -0.25) is 4.79 Å². The van der Waals surface area contributed by atoms with Crippen molar-refractivity contribution in [3.8, 4) is 11.4 Å². The van der Waals surface area contributed by atoms with Crippen molar-refractivity contribution in [3.63, 3.8) is 0 Å². The fourth-order valence-electron chi connectivity index (χ4n) is 2.50. The van der Waals surface area contributed by atoms with Gasteiger partial charge in [0.15, 0.2) is 0 Å². The van der Waals surface area contributed by atoms with E-state index in [2.05, 4.69) is 14.7 Å². The van der Waals surface area contributed by atoms with Crippen LogP contribution in [-0.4, -0.2) is 63.2 Å². The highest BCUT2D eigenvalue weighted by Crippen LogP contribution is 2.29. The molecule has 1 aliphatic heterocycles. The molecule has 0 saturated carbocycles. The first kappa shape index (κ1) is 17.7. The van der Waals surface area contributed by atoms with Crippen LogP contribution >= 0.6 is 0 Å². The molecule has 3 rings (SSSR count). The highest BCUT2D eigenvalue weighted by Gasteiger charge is 2.38. The zero-order valence-corrected chi connectivity index (χ0v) is 13.2. The SMILES string of the molecule is O=C(O)N1CCN(C(=O)c2ccc(-c3noc(C(F)(F)F)n3)cc2)CC1. The third-order valence-corrected chi connectivity index (χ3v) is 3.90. The first-order valence-corrected chi connectivity index (χ1v) is 7.54. The van der Waals surface area contributed by atoms with Crippen LogP contribution in [0.4, 0.5) is 18.0 Å². The molecule has 2 amide bonds. The Balaban J connectivity index is 1.69. The molecule has 2 heterocycles. The second-order valence-corrected chi connectivity index (χ2v) is 5.56. The number of piperazine rings is 1. The number of carbonyl (C=O) groups excluding carboxylic acids is 1. The molecule has 0 spiro atoms.